The molecule has 5 nitrogen and oxygen atoms in total. The molecule has 1 N–H and O–H groups in total. The number of hydrogen-bond acceptors (Lipinski definition) is 4. The van der Waals surface area contributed by atoms with Crippen molar-refractivity contribution in [2.75, 3.05) is 19.8 Å². The molecule has 0 aromatic rings. The van der Waals surface area contributed by atoms with Crippen molar-refractivity contribution in [2.24, 2.45) is 0 Å². The number of rotatable bonds is 6. The Kier molecular flexibility index (Phi) is 6.00. The third kappa shape index (κ3) is 7.01. The maximum absolute atomic E-state index is 10.5. The Hall–Kier alpha value is -1.10. The van der Waals surface area contributed by atoms with Crippen LogP contribution in [0.5, 0.6) is 0 Å². The van der Waals surface area contributed by atoms with E-state index in [-0.39, 0.29) is 25.8 Å². The van der Waals surface area contributed by atoms with E-state index in [4.69, 9.17) is 5.11 Å². The Morgan fingerprint density at radius 1 is 1.33 bits per heavy atom. The second-order valence-electron chi connectivity index (χ2n) is 2.02. The molecule has 0 amide bonds. The van der Waals surface area contributed by atoms with Gasteiger partial charge in [0, 0.05) is 6.42 Å². The number of carbonyl (C=O) groups excluding carboxylic acids is 1. The van der Waals surface area contributed by atoms with Crippen molar-refractivity contribution < 1.29 is 24.2 Å². The van der Waals surface area contributed by atoms with Crippen LogP contribution in [0.3, 0.4) is 0 Å². The van der Waals surface area contributed by atoms with E-state index < -0.39 is 5.97 Å². The lowest BCUT2D eigenvalue weighted by atomic mass is 10.5. The zero-order valence-electron chi connectivity index (χ0n) is 6.91. The number of ether oxygens (including phenoxy) is 2. The molecule has 0 unspecified atom stereocenters. The largest absolute Gasteiger partial charge is 0.480 e. The summed E-state index contributed by atoms with van der Waals surface area (Å²) in [7, 11) is 0. The monoisotopic (exact) mass is 176 g/mol. The molecule has 0 bridgehead atoms. The van der Waals surface area contributed by atoms with Crippen LogP contribution in [0.1, 0.15) is 13.3 Å². The number of carbonyl (C=O) groups is 2. The standard InChI is InChI=1S/C7H12O5/c1-2-7(10)12-4-3-11-5-6(8)9/h2-5H2,1H3,(H,8,9). The van der Waals surface area contributed by atoms with Crippen LogP contribution in [0, 0.1) is 0 Å². The highest BCUT2D eigenvalue weighted by Gasteiger charge is 1.98. The Bertz CT molecular complexity index is 154. The molecule has 0 fully saturated rings. The van der Waals surface area contributed by atoms with Crippen molar-refractivity contribution >= 4 is 11.9 Å². The van der Waals surface area contributed by atoms with Crippen molar-refractivity contribution in [1.82, 2.24) is 0 Å². The van der Waals surface area contributed by atoms with Crippen molar-refractivity contribution in [1.29, 1.82) is 0 Å². The van der Waals surface area contributed by atoms with Crippen molar-refractivity contribution in [3.63, 3.8) is 0 Å². The van der Waals surface area contributed by atoms with Gasteiger partial charge in [-0.25, -0.2) is 4.79 Å². The fourth-order valence-electron chi connectivity index (χ4n) is 0.476. The quantitative estimate of drug-likeness (QED) is 0.457. The molecule has 0 saturated carbocycles. The summed E-state index contributed by atoms with van der Waals surface area (Å²) in [6.45, 7) is 1.56. The molecule has 0 atom stereocenters. The van der Waals surface area contributed by atoms with Crippen LogP contribution < -0.4 is 0 Å². The summed E-state index contributed by atoms with van der Waals surface area (Å²) in [5.74, 6) is -1.34. The normalized spacial score (nSPS) is 9.42. The Balaban J connectivity index is 3.11. The lowest BCUT2D eigenvalue weighted by Crippen LogP contribution is -2.13. The predicted octanol–water partition coefficient (Wildman–Crippen LogP) is 0.0408. The second kappa shape index (κ2) is 6.60. The molecule has 70 valence electrons. The van der Waals surface area contributed by atoms with Gasteiger partial charge in [-0.05, 0) is 0 Å². The summed E-state index contributed by atoms with van der Waals surface area (Å²) in [6, 6.07) is 0. The molecular weight excluding hydrogens is 164 g/mol. The third-order valence-electron chi connectivity index (χ3n) is 1.00. The first-order valence-corrected chi connectivity index (χ1v) is 3.62. The van der Waals surface area contributed by atoms with E-state index in [0.29, 0.717) is 6.42 Å². The summed E-state index contributed by atoms with van der Waals surface area (Å²) in [5.41, 5.74) is 0. The summed E-state index contributed by atoms with van der Waals surface area (Å²) < 4.78 is 9.23. The first kappa shape index (κ1) is 10.9. The molecule has 0 heterocycles. The van der Waals surface area contributed by atoms with Crippen LogP contribution in [0.2, 0.25) is 0 Å². The molecule has 0 spiro atoms. The van der Waals surface area contributed by atoms with Gasteiger partial charge in [-0.15, -0.1) is 0 Å². The second-order valence-corrected chi connectivity index (χ2v) is 2.02. The molecule has 0 aliphatic heterocycles. The molecule has 0 aromatic carbocycles. The highest BCUT2D eigenvalue weighted by atomic mass is 16.6. The van der Waals surface area contributed by atoms with Gasteiger partial charge in [-0.2, -0.15) is 0 Å². The molecule has 0 rings (SSSR count). The molecule has 0 aromatic heterocycles. The van der Waals surface area contributed by atoms with Crippen molar-refractivity contribution in [3.05, 3.63) is 0 Å². The van der Waals surface area contributed by atoms with Gasteiger partial charge in [0.05, 0.1) is 6.61 Å². The van der Waals surface area contributed by atoms with Crippen molar-refractivity contribution in [2.45, 2.75) is 13.3 Å². The molecule has 0 aliphatic carbocycles. The Labute approximate surface area is 70.3 Å². The van der Waals surface area contributed by atoms with E-state index in [9.17, 15) is 9.59 Å². The van der Waals surface area contributed by atoms with Crippen LogP contribution in [-0.2, 0) is 19.1 Å². The third-order valence-corrected chi connectivity index (χ3v) is 1.00. The van der Waals surface area contributed by atoms with Gasteiger partial charge >= 0.3 is 11.9 Å². The molecule has 0 aliphatic rings. The maximum Gasteiger partial charge on any atom is 0.329 e. The first-order valence-electron chi connectivity index (χ1n) is 3.62. The zero-order chi connectivity index (χ0) is 9.40. The molecule has 0 radical (unpaired) electrons. The van der Waals surface area contributed by atoms with Crippen LogP contribution >= 0.6 is 0 Å². The summed E-state index contributed by atoms with van der Waals surface area (Å²) in [6.07, 6.45) is 0.318. The molecule has 12 heavy (non-hydrogen) atoms. The predicted molar refractivity (Wildman–Crippen MR) is 39.7 cm³/mol. The summed E-state index contributed by atoms with van der Waals surface area (Å²) >= 11 is 0. The topological polar surface area (TPSA) is 72.8 Å². The van der Waals surface area contributed by atoms with Gasteiger partial charge < -0.3 is 14.6 Å². The number of esters is 1. The van der Waals surface area contributed by atoms with E-state index in [0.717, 1.165) is 0 Å². The summed E-state index contributed by atoms with van der Waals surface area (Å²) in [5, 5.41) is 8.14. The van der Waals surface area contributed by atoms with E-state index in [1.165, 1.54) is 0 Å². The average Bonchev–Trinajstić information content (AvgIpc) is 2.03. The number of aliphatic carboxylic acids is 1. The molecular formula is C7H12O5. The lowest BCUT2D eigenvalue weighted by molar-refractivity contribution is -0.146. The van der Waals surface area contributed by atoms with Crippen LogP contribution in [0.25, 0.3) is 0 Å². The SMILES string of the molecule is CCC(=O)OCCOCC(=O)O. The smallest absolute Gasteiger partial charge is 0.329 e. The van der Waals surface area contributed by atoms with Gasteiger partial charge in [-0.1, -0.05) is 6.92 Å². The zero-order valence-corrected chi connectivity index (χ0v) is 6.91. The minimum Gasteiger partial charge on any atom is -0.480 e. The van der Waals surface area contributed by atoms with Crippen LogP contribution in [-0.4, -0.2) is 36.9 Å². The highest BCUT2D eigenvalue weighted by Crippen LogP contribution is 1.84. The fourth-order valence-corrected chi connectivity index (χ4v) is 0.476. The maximum atomic E-state index is 10.5. The van der Waals surface area contributed by atoms with Crippen LogP contribution in [0.4, 0.5) is 0 Å². The van der Waals surface area contributed by atoms with Gasteiger partial charge in [0.15, 0.2) is 0 Å². The van der Waals surface area contributed by atoms with Crippen molar-refractivity contribution in [3.8, 4) is 0 Å². The Morgan fingerprint density at radius 3 is 2.50 bits per heavy atom. The summed E-state index contributed by atoms with van der Waals surface area (Å²) in [4.78, 5) is 20.4. The van der Waals surface area contributed by atoms with Gasteiger partial charge in [-0.3, -0.25) is 4.79 Å². The number of carboxylic acid groups (broad SMARTS) is 1. The van der Waals surface area contributed by atoms with E-state index >= 15 is 0 Å². The molecule has 0 saturated heterocycles. The minimum absolute atomic E-state index is 0.111. The van der Waals surface area contributed by atoms with E-state index in [1.807, 2.05) is 0 Å². The van der Waals surface area contributed by atoms with E-state index in [2.05, 4.69) is 9.47 Å². The Morgan fingerprint density at radius 2 is 2.00 bits per heavy atom. The number of carboxylic acids is 1. The fraction of sp³-hybridized carbons (Fsp3) is 0.714. The highest BCUT2D eigenvalue weighted by molar-refractivity contribution is 5.69. The lowest BCUT2D eigenvalue weighted by Gasteiger charge is -2.02. The van der Waals surface area contributed by atoms with E-state index in [1.54, 1.807) is 6.92 Å². The van der Waals surface area contributed by atoms with Gasteiger partial charge in [0.2, 0.25) is 0 Å². The number of hydrogen-bond donors (Lipinski definition) is 1. The average molecular weight is 176 g/mol. The van der Waals surface area contributed by atoms with Gasteiger partial charge in [0.1, 0.15) is 13.2 Å². The van der Waals surface area contributed by atoms with Gasteiger partial charge in [0.25, 0.3) is 0 Å². The first-order chi connectivity index (χ1) is 5.66. The minimum atomic E-state index is -1.03. The molecule has 5 heteroatoms. The van der Waals surface area contributed by atoms with Crippen LogP contribution in [0.15, 0.2) is 0 Å².